The molecule has 0 aliphatic heterocycles. The molecule has 0 aromatic carbocycles. The fourth-order valence-electron chi connectivity index (χ4n) is 1.25. The summed E-state index contributed by atoms with van der Waals surface area (Å²) in [7, 11) is 1.81. The van der Waals surface area contributed by atoms with Gasteiger partial charge in [-0.15, -0.1) is 0 Å². The van der Waals surface area contributed by atoms with Crippen molar-refractivity contribution in [2.75, 3.05) is 13.6 Å². The molecule has 14 heavy (non-hydrogen) atoms. The van der Waals surface area contributed by atoms with Gasteiger partial charge in [-0.1, -0.05) is 13.3 Å². The summed E-state index contributed by atoms with van der Waals surface area (Å²) in [6.07, 6.45) is 3.68. The molecule has 0 aliphatic carbocycles. The van der Waals surface area contributed by atoms with Crippen LogP contribution in [0.2, 0.25) is 0 Å². The maximum Gasteiger partial charge on any atom is 0.274 e. The zero-order valence-corrected chi connectivity index (χ0v) is 9.00. The lowest BCUT2D eigenvalue weighted by molar-refractivity contribution is 0.0787. The van der Waals surface area contributed by atoms with Gasteiger partial charge in [-0.25, -0.2) is 4.98 Å². The number of imidazole rings is 1. The Morgan fingerprint density at radius 2 is 2.36 bits per heavy atom. The van der Waals surface area contributed by atoms with E-state index in [0.29, 0.717) is 5.69 Å². The van der Waals surface area contributed by atoms with Crippen LogP contribution in [0.4, 0.5) is 0 Å². The predicted octanol–water partition coefficient (Wildman–Crippen LogP) is 1.59. The van der Waals surface area contributed by atoms with Crippen molar-refractivity contribution in [3.05, 3.63) is 17.7 Å². The first kappa shape index (κ1) is 10.8. The lowest BCUT2D eigenvalue weighted by Crippen LogP contribution is -2.28. The highest BCUT2D eigenvalue weighted by Crippen LogP contribution is 2.05. The number of aromatic nitrogens is 2. The SMILES string of the molecule is CCCCN(C)C(=O)c1nc[nH]c1C. The van der Waals surface area contributed by atoms with Gasteiger partial charge in [-0.3, -0.25) is 4.79 Å². The molecule has 0 radical (unpaired) electrons. The summed E-state index contributed by atoms with van der Waals surface area (Å²) in [5, 5.41) is 0. The van der Waals surface area contributed by atoms with Gasteiger partial charge in [0.15, 0.2) is 0 Å². The highest BCUT2D eigenvalue weighted by Gasteiger charge is 2.15. The second kappa shape index (κ2) is 4.79. The van der Waals surface area contributed by atoms with E-state index < -0.39 is 0 Å². The molecule has 0 aliphatic rings. The topological polar surface area (TPSA) is 49.0 Å². The Kier molecular flexibility index (Phi) is 3.68. The molecule has 0 spiro atoms. The standard InChI is InChI=1S/C10H17N3O/c1-4-5-6-13(3)10(14)9-8(2)11-7-12-9/h7H,4-6H2,1-3H3,(H,11,12). The normalized spacial score (nSPS) is 10.2. The fourth-order valence-corrected chi connectivity index (χ4v) is 1.25. The Morgan fingerprint density at radius 3 is 2.86 bits per heavy atom. The molecule has 1 amide bonds. The van der Waals surface area contributed by atoms with Crippen LogP contribution >= 0.6 is 0 Å². The van der Waals surface area contributed by atoms with E-state index in [1.807, 2.05) is 14.0 Å². The van der Waals surface area contributed by atoms with Gasteiger partial charge >= 0.3 is 0 Å². The predicted molar refractivity (Wildman–Crippen MR) is 55.2 cm³/mol. The Bertz CT molecular complexity index is 306. The van der Waals surface area contributed by atoms with E-state index in [-0.39, 0.29) is 5.91 Å². The van der Waals surface area contributed by atoms with Crippen LogP contribution in [0, 0.1) is 6.92 Å². The molecular weight excluding hydrogens is 178 g/mol. The largest absolute Gasteiger partial charge is 0.348 e. The van der Waals surface area contributed by atoms with Crippen LogP contribution < -0.4 is 0 Å². The van der Waals surface area contributed by atoms with Crippen molar-refractivity contribution < 1.29 is 4.79 Å². The van der Waals surface area contributed by atoms with Gasteiger partial charge in [0.05, 0.1) is 6.33 Å². The number of rotatable bonds is 4. The summed E-state index contributed by atoms with van der Waals surface area (Å²) in [6.45, 7) is 4.76. The van der Waals surface area contributed by atoms with Crippen molar-refractivity contribution in [3.8, 4) is 0 Å². The molecule has 0 bridgehead atoms. The second-order valence-electron chi connectivity index (χ2n) is 3.46. The maximum absolute atomic E-state index is 11.8. The number of hydrogen-bond donors (Lipinski definition) is 1. The molecule has 0 atom stereocenters. The van der Waals surface area contributed by atoms with Gasteiger partial charge in [0.2, 0.25) is 0 Å². The Labute approximate surface area is 84.3 Å². The average Bonchev–Trinajstić information content (AvgIpc) is 2.59. The molecular formula is C10H17N3O. The summed E-state index contributed by atoms with van der Waals surface area (Å²) in [6, 6.07) is 0. The maximum atomic E-state index is 11.8. The second-order valence-corrected chi connectivity index (χ2v) is 3.46. The zero-order chi connectivity index (χ0) is 10.6. The summed E-state index contributed by atoms with van der Waals surface area (Å²) >= 11 is 0. The number of carbonyl (C=O) groups is 1. The van der Waals surface area contributed by atoms with Crippen LogP contribution in [0.25, 0.3) is 0 Å². The number of aryl methyl sites for hydroxylation is 1. The van der Waals surface area contributed by atoms with Crippen molar-refractivity contribution in [2.24, 2.45) is 0 Å². The van der Waals surface area contributed by atoms with Gasteiger partial charge in [-0.05, 0) is 13.3 Å². The molecule has 0 saturated heterocycles. The molecule has 1 rings (SSSR count). The molecule has 1 aromatic rings. The first-order valence-corrected chi connectivity index (χ1v) is 4.92. The fraction of sp³-hybridized carbons (Fsp3) is 0.600. The average molecular weight is 195 g/mol. The first-order valence-electron chi connectivity index (χ1n) is 4.92. The summed E-state index contributed by atoms with van der Waals surface area (Å²) in [5.41, 5.74) is 1.36. The van der Waals surface area contributed by atoms with E-state index in [2.05, 4.69) is 16.9 Å². The lowest BCUT2D eigenvalue weighted by Gasteiger charge is -2.15. The smallest absolute Gasteiger partial charge is 0.274 e. The van der Waals surface area contributed by atoms with Gasteiger partial charge in [0.25, 0.3) is 5.91 Å². The van der Waals surface area contributed by atoms with E-state index in [4.69, 9.17) is 0 Å². The van der Waals surface area contributed by atoms with Crippen LogP contribution in [0.15, 0.2) is 6.33 Å². The lowest BCUT2D eigenvalue weighted by atomic mass is 10.3. The monoisotopic (exact) mass is 195 g/mol. The van der Waals surface area contributed by atoms with Crippen molar-refractivity contribution in [1.82, 2.24) is 14.9 Å². The van der Waals surface area contributed by atoms with Crippen molar-refractivity contribution in [2.45, 2.75) is 26.7 Å². The van der Waals surface area contributed by atoms with E-state index in [0.717, 1.165) is 25.1 Å². The van der Waals surface area contributed by atoms with Gasteiger partial charge in [0, 0.05) is 19.3 Å². The highest BCUT2D eigenvalue weighted by atomic mass is 16.2. The van der Waals surface area contributed by atoms with Gasteiger partial charge in [0.1, 0.15) is 5.69 Å². The molecule has 1 aromatic heterocycles. The molecule has 78 valence electrons. The van der Waals surface area contributed by atoms with Crippen LogP contribution in [0.1, 0.15) is 35.9 Å². The number of aromatic amines is 1. The summed E-state index contributed by atoms with van der Waals surface area (Å²) in [5.74, 6) is -0.00259. The minimum Gasteiger partial charge on any atom is -0.348 e. The number of amides is 1. The van der Waals surface area contributed by atoms with Crippen LogP contribution in [0.3, 0.4) is 0 Å². The summed E-state index contributed by atoms with van der Waals surface area (Å²) in [4.78, 5) is 20.4. The first-order chi connectivity index (χ1) is 6.66. The van der Waals surface area contributed by atoms with Crippen LogP contribution in [0.5, 0.6) is 0 Å². The molecule has 4 heteroatoms. The minimum absolute atomic E-state index is 0.00259. The third-order valence-electron chi connectivity index (χ3n) is 2.23. The number of nitrogens with one attached hydrogen (secondary N) is 1. The van der Waals surface area contributed by atoms with Crippen molar-refractivity contribution in [3.63, 3.8) is 0 Å². The third-order valence-corrected chi connectivity index (χ3v) is 2.23. The van der Waals surface area contributed by atoms with Crippen LogP contribution in [-0.2, 0) is 0 Å². The quantitative estimate of drug-likeness (QED) is 0.793. The van der Waals surface area contributed by atoms with E-state index >= 15 is 0 Å². The van der Waals surface area contributed by atoms with Gasteiger partial charge in [-0.2, -0.15) is 0 Å². The summed E-state index contributed by atoms with van der Waals surface area (Å²) < 4.78 is 0. The van der Waals surface area contributed by atoms with E-state index in [9.17, 15) is 4.79 Å². The van der Waals surface area contributed by atoms with Crippen molar-refractivity contribution >= 4 is 5.91 Å². The number of nitrogens with zero attached hydrogens (tertiary/aromatic N) is 2. The molecule has 1 heterocycles. The highest BCUT2D eigenvalue weighted by molar-refractivity contribution is 5.93. The number of H-pyrrole nitrogens is 1. The molecule has 4 nitrogen and oxygen atoms in total. The minimum atomic E-state index is -0.00259. The molecule has 0 unspecified atom stereocenters. The molecule has 0 fully saturated rings. The van der Waals surface area contributed by atoms with Crippen molar-refractivity contribution in [1.29, 1.82) is 0 Å². The van der Waals surface area contributed by atoms with Gasteiger partial charge < -0.3 is 9.88 Å². The molecule has 1 N–H and O–H groups in total. The Hall–Kier alpha value is -1.32. The molecule has 0 saturated carbocycles. The number of carbonyl (C=O) groups excluding carboxylic acids is 1. The Morgan fingerprint density at radius 1 is 1.64 bits per heavy atom. The van der Waals surface area contributed by atoms with E-state index in [1.54, 1.807) is 11.2 Å². The van der Waals surface area contributed by atoms with E-state index in [1.165, 1.54) is 0 Å². The van der Waals surface area contributed by atoms with Crippen LogP contribution in [-0.4, -0.2) is 34.4 Å². The number of hydrogen-bond acceptors (Lipinski definition) is 2. The third kappa shape index (κ3) is 2.34. The Balaban J connectivity index is 2.61. The zero-order valence-electron chi connectivity index (χ0n) is 9.00. The number of unbranched alkanes of at least 4 members (excludes halogenated alkanes) is 1.